The van der Waals surface area contributed by atoms with E-state index in [2.05, 4.69) is 82.6 Å². The van der Waals surface area contributed by atoms with E-state index in [1.54, 1.807) is 11.3 Å². The fourth-order valence-corrected chi connectivity index (χ4v) is 12.2. The van der Waals surface area contributed by atoms with Gasteiger partial charge in [0.1, 0.15) is 26.4 Å². The normalized spacial score (nSPS) is 16.0. The van der Waals surface area contributed by atoms with Crippen molar-refractivity contribution in [2.45, 2.75) is 65.2 Å². The number of fused-ring (bicyclic) bond motifs is 2. The van der Waals surface area contributed by atoms with Crippen molar-refractivity contribution in [3.8, 4) is 42.5 Å². The third-order valence-electron chi connectivity index (χ3n) is 8.67. The van der Waals surface area contributed by atoms with Crippen molar-refractivity contribution >= 4 is 56.7 Å². The van der Waals surface area contributed by atoms with E-state index in [-0.39, 0.29) is 10.8 Å². The highest BCUT2D eigenvalue weighted by atomic mass is 32.1. The molecular weight excluding hydrogens is 645 g/mol. The van der Waals surface area contributed by atoms with Crippen LogP contribution in [0, 0.1) is 5.92 Å². The van der Waals surface area contributed by atoms with E-state index in [4.69, 9.17) is 18.9 Å². The Morgan fingerprint density at radius 1 is 0.682 bits per heavy atom. The molecule has 9 heteroatoms. The molecule has 1 unspecified atom stereocenters. The van der Waals surface area contributed by atoms with E-state index in [0.717, 1.165) is 35.8 Å². The summed E-state index contributed by atoms with van der Waals surface area (Å²) in [6.07, 6.45) is 2.02. The molecule has 0 fully saturated rings. The lowest BCUT2D eigenvalue weighted by Crippen LogP contribution is -2.23. The van der Waals surface area contributed by atoms with E-state index < -0.39 is 0 Å². The van der Waals surface area contributed by atoms with Gasteiger partial charge >= 0.3 is 0 Å². The van der Waals surface area contributed by atoms with Crippen LogP contribution in [0.4, 0.5) is 0 Å². The molecule has 0 spiro atoms. The first-order valence-corrected chi connectivity index (χ1v) is 19.5. The molecule has 0 aromatic carbocycles. The average Bonchev–Trinajstić information content (AvgIpc) is 3.85. The van der Waals surface area contributed by atoms with Crippen molar-refractivity contribution in [1.29, 1.82) is 0 Å². The summed E-state index contributed by atoms with van der Waals surface area (Å²) in [5, 5.41) is 4.34. The largest absolute Gasteiger partial charge is 0.485 e. The van der Waals surface area contributed by atoms with Crippen molar-refractivity contribution in [2.24, 2.45) is 5.92 Å². The van der Waals surface area contributed by atoms with Gasteiger partial charge in [-0.25, -0.2) is 0 Å². The number of rotatable bonds is 9. The Kier molecular flexibility index (Phi) is 8.15. The van der Waals surface area contributed by atoms with Gasteiger partial charge in [0, 0.05) is 25.5 Å². The molecule has 1 atom stereocenters. The lowest BCUT2D eigenvalue weighted by atomic mass is 9.83. The lowest BCUT2D eigenvalue weighted by molar-refractivity contribution is 0.171. The maximum absolute atomic E-state index is 6.39. The third kappa shape index (κ3) is 5.03. The van der Waals surface area contributed by atoms with Gasteiger partial charge in [0.15, 0.2) is 23.0 Å². The first-order valence-electron chi connectivity index (χ1n) is 15.3. The number of ether oxygens (including phenoxy) is 4. The van der Waals surface area contributed by atoms with E-state index >= 15 is 0 Å². The summed E-state index contributed by atoms with van der Waals surface area (Å²) in [5.74, 6) is 4.29. The molecule has 0 bridgehead atoms. The second kappa shape index (κ2) is 11.8. The minimum Gasteiger partial charge on any atom is -0.485 e. The van der Waals surface area contributed by atoms with Crippen LogP contribution >= 0.6 is 56.7 Å². The zero-order valence-electron chi connectivity index (χ0n) is 26.0. The maximum atomic E-state index is 6.39. The van der Waals surface area contributed by atoms with Crippen LogP contribution in [0.2, 0.25) is 0 Å². The molecule has 2 aliphatic rings. The van der Waals surface area contributed by atoms with Gasteiger partial charge in [0.05, 0.1) is 24.4 Å². The Bertz CT molecular complexity index is 1770. The van der Waals surface area contributed by atoms with Crippen LogP contribution in [0.3, 0.4) is 0 Å². The zero-order valence-corrected chi connectivity index (χ0v) is 30.1. The zero-order chi connectivity index (χ0) is 30.6. The summed E-state index contributed by atoms with van der Waals surface area (Å²) in [7, 11) is 0. The third-order valence-corrected chi connectivity index (χ3v) is 15.4. The molecule has 2 aliphatic heterocycles. The quantitative estimate of drug-likeness (QED) is 0.155. The number of thiophene rings is 5. The van der Waals surface area contributed by atoms with Gasteiger partial charge in [-0.3, -0.25) is 0 Å². The van der Waals surface area contributed by atoms with Crippen LogP contribution in [0.5, 0.6) is 23.0 Å². The highest BCUT2D eigenvalue weighted by Gasteiger charge is 2.41. The van der Waals surface area contributed by atoms with E-state index in [0.29, 0.717) is 32.3 Å². The topological polar surface area (TPSA) is 36.9 Å². The van der Waals surface area contributed by atoms with Gasteiger partial charge in [-0.2, -0.15) is 0 Å². The molecule has 0 amide bonds. The average molecular weight is 683 g/mol. The Labute approximate surface area is 280 Å². The summed E-state index contributed by atoms with van der Waals surface area (Å²) in [4.78, 5) is 10.1. The predicted octanol–water partition coefficient (Wildman–Crippen LogP) is 11.1. The van der Waals surface area contributed by atoms with Crippen molar-refractivity contribution < 1.29 is 18.9 Å². The van der Waals surface area contributed by atoms with Crippen molar-refractivity contribution in [3.05, 3.63) is 66.2 Å². The molecule has 232 valence electrons. The van der Waals surface area contributed by atoms with Crippen LogP contribution in [-0.2, 0) is 17.3 Å². The highest BCUT2D eigenvalue weighted by Crippen LogP contribution is 2.59. The highest BCUT2D eigenvalue weighted by molar-refractivity contribution is 7.23. The van der Waals surface area contributed by atoms with Crippen LogP contribution in [-0.4, -0.2) is 26.4 Å². The monoisotopic (exact) mass is 682 g/mol. The summed E-state index contributed by atoms with van der Waals surface area (Å²) in [5.41, 5.74) is 0.945. The molecular formula is C35H38O4S5. The van der Waals surface area contributed by atoms with E-state index in [1.807, 2.05) is 45.3 Å². The minimum absolute atomic E-state index is 0.202. The van der Waals surface area contributed by atoms with Gasteiger partial charge in [-0.15, -0.1) is 56.7 Å². The van der Waals surface area contributed by atoms with Gasteiger partial charge in [0.2, 0.25) is 0 Å². The molecule has 0 N–H and O–H groups in total. The minimum atomic E-state index is -0.253. The summed E-state index contributed by atoms with van der Waals surface area (Å²) >= 11 is 9.16. The molecule has 44 heavy (non-hydrogen) atoms. The van der Waals surface area contributed by atoms with Crippen molar-refractivity contribution in [2.75, 3.05) is 26.4 Å². The molecule has 7 rings (SSSR count). The van der Waals surface area contributed by atoms with Crippen LogP contribution < -0.4 is 18.9 Å². The Morgan fingerprint density at radius 3 is 1.98 bits per heavy atom. The number of hydrogen-bond acceptors (Lipinski definition) is 9. The maximum Gasteiger partial charge on any atom is 0.181 e. The molecule has 0 radical (unpaired) electrons. The molecule has 0 saturated carbocycles. The second-order valence-electron chi connectivity index (χ2n) is 12.6. The second-order valence-corrected chi connectivity index (χ2v) is 17.5. The standard InChI is InChI=1S/C35H38O4S5/c1-7-35(6,33-28-25(36-13-16-39-28)30(43-33)22-9-8-17-40-22)24-11-10-23(42-24)34(4,5)32-27-26(37-14-15-38-27)31(44-32)29-21(12-18-41-29)19-20(2)3/h8-12,17-18,20H,7,13-16,19H2,1-6H3. The summed E-state index contributed by atoms with van der Waals surface area (Å²) in [6, 6.07) is 11.2. The first-order chi connectivity index (χ1) is 21.2. The SMILES string of the molecule is CCC(C)(c1ccc(C(C)(C)c2sc(-c3sccc3CC(C)C)c3c2OCCO3)s1)c1sc(-c2cccs2)c2c1OCCO2. The van der Waals surface area contributed by atoms with Gasteiger partial charge in [-0.05, 0) is 80.1 Å². The van der Waals surface area contributed by atoms with E-state index in [1.165, 1.54) is 44.6 Å². The van der Waals surface area contributed by atoms with Gasteiger partial charge in [0.25, 0.3) is 0 Å². The van der Waals surface area contributed by atoms with Crippen molar-refractivity contribution in [1.82, 2.24) is 0 Å². The molecule has 5 aromatic heterocycles. The molecule has 4 nitrogen and oxygen atoms in total. The van der Waals surface area contributed by atoms with E-state index in [9.17, 15) is 0 Å². The van der Waals surface area contributed by atoms with Crippen LogP contribution in [0.25, 0.3) is 19.5 Å². The molecule has 7 heterocycles. The molecule has 0 aliphatic carbocycles. The fraction of sp³-hybridized carbons (Fsp3) is 0.429. The van der Waals surface area contributed by atoms with Crippen LogP contribution in [0.15, 0.2) is 41.1 Å². The van der Waals surface area contributed by atoms with Crippen LogP contribution in [0.1, 0.15) is 73.0 Å². The van der Waals surface area contributed by atoms with Gasteiger partial charge < -0.3 is 18.9 Å². The number of hydrogen-bond donors (Lipinski definition) is 0. The first kappa shape index (κ1) is 30.4. The van der Waals surface area contributed by atoms with Gasteiger partial charge in [-0.1, -0.05) is 26.8 Å². The Hall–Kier alpha value is -2.30. The lowest BCUT2D eigenvalue weighted by Gasteiger charge is -2.29. The Morgan fingerprint density at radius 2 is 1.32 bits per heavy atom. The fourth-order valence-electron chi connectivity index (χ4n) is 6.06. The van der Waals surface area contributed by atoms with Crippen molar-refractivity contribution in [3.63, 3.8) is 0 Å². The summed E-state index contributed by atoms with van der Waals surface area (Å²) < 4.78 is 25.3. The molecule has 0 saturated heterocycles. The smallest absolute Gasteiger partial charge is 0.181 e. The Balaban J connectivity index is 1.29. The molecule has 5 aromatic rings. The predicted molar refractivity (Wildman–Crippen MR) is 189 cm³/mol. The summed E-state index contributed by atoms with van der Waals surface area (Å²) in [6.45, 7) is 16.2.